The molecule has 0 heterocycles. The first-order valence-electron chi connectivity index (χ1n) is 7.27. The van der Waals surface area contributed by atoms with Crippen molar-refractivity contribution in [1.82, 2.24) is 0 Å². The average Bonchev–Trinajstić information content (AvgIpc) is 2.33. The molecule has 0 aromatic rings. The van der Waals surface area contributed by atoms with Crippen LogP contribution in [0.3, 0.4) is 0 Å². The van der Waals surface area contributed by atoms with Crippen LogP contribution in [0.15, 0.2) is 0 Å². The van der Waals surface area contributed by atoms with E-state index in [-0.39, 0.29) is 18.9 Å². The topological polar surface area (TPSA) is 26.0 Å². The predicted octanol–water partition coefficient (Wildman–Crippen LogP) is 4.65. The molecular formula is C14H26F3N. The molecule has 0 saturated heterocycles. The first-order valence-corrected chi connectivity index (χ1v) is 7.27. The number of unbranched alkanes of at least 4 members (excludes halogenated alkanes) is 3. The van der Waals surface area contributed by atoms with Crippen LogP contribution in [0.1, 0.15) is 64.7 Å². The highest BCUT2D eigenvalue weighted by Crippen LogP contribution is 2.40. The van der Waals surface area contributed by atoms with Crippen molar-refractivity contribution in [3.8, 4) is 0 Å². The first kappa shape index (κ1) is 15.8. The van der Waals surface area contributed by atoms with E-state index in [9.17, 15) is 13.2 Å². The number of alkyl halides is 3. The van der Waals surface area contributed by atoms with E-state index in [4.69, 9.17) is 5.73 Å². The molecule has 1 atom stereocenters. The summed E-state index contributed by atoms with van der Waals surface area (Å²) in [4.78, 5) is 0. The second kappa shape index (κ2) is 7.37. The lowest BCUT2D eigenvalue weighted by molar-refractivity contribution is -0.184. The molecule has 1 rings (SSSR count). The first-order chi connectivity index (χ1) is 8.45. The van der Waals surface area contributed by atoms with Gasteiger partial charge in [-0.15, -0.1) is 0 Å². The van der Waals surface area contributed by atoms with E-state index in [1.807, 2.05) is 0 Å². The van der Waals surface area contributed by atoms with E-state index in [0.29, 0.717) is 18.8 Å². The summed E-state index contributed by atoms with van der Waals surface area (Å²) in [5.41, 5.74) is 6.10. The molecule has 108 valence electrons. The van der Waals surface area contributed by atoms with Crippen LogP contribution in [-0.2, 0) is 0 Å². The minimum absolute atomic E-state index is 0.107. The zero-order valence-electron chi connectivity index (χ0n) is 11.3. The zero-order chi connectivity index (χ0) is 13.6. The van der Waals surface area contributed by atoms with Crippen LogP contribution in [-0.4, -0.2) is 12.2 Å². The van der Waals surface area contributed by atoms with E-state index < -0.39 is 12.1 Å². The lowest BCUT2D eigenvalue weighted by atomic mass is 9.77. The number of hydrogen-bond acceptors (Lipinski definition) is 1. The molecule has 18 heavy (non-hydrogen) atoms. The van der Waals surface area contributed by atoms with E-state index in [1.54, 1.807) is 0 Å². The molecule has 1 aliphatic carbocycles. The van der Waals surface area contributed by atoms with Gasteiger partial charge in [-0.3, -0.25) is 0 Å². The van der Waals surface area contributed by atoms with Gasteiger partial charge in [-0.25, -0.2) is 0 Å². The van der Waals surface area contributed by atoms with Gasteiger partial charge in [-0.1, -0.05) is 32.6 Å². The van der Waals surface area contributed by atoms with Gasteiger partial charge in [0.2, 0.25) is 0 Å². The molecule has 4 heteroatoms. The quantitative estimate of drug-likeness (QED) is 0.695. The zero-order valence-corrected chi connectivity index (χ0v) is 11.3. The van der Waals surface area contributed by atoms with Gasteiger partial charge < -0.3 is 5.73 Å². The van der Waals surface area contributed by atoms with Crippen molar-refractivity contribution in [2.75, 3.05) is 0 Å². The summed E-state index contributed by atoms with van der Waals surface area (Å²) >= 11 is 0. The maximum atomic E-state index is 12.5. The van der Waals surface area contributed by atoms with E-state index in [2.05, 4.69) is 6.92 Å². The Morgan fingerprint density at radius 2 is 1.67 bits per heavy atom. The Bertz CT molecular complexity index is 220. The van der Waals surface area contributed by atoms with Crippen LogP contribution in [0.2, 0.25) is 0 Å². The van der Waals surface area contributed by atoms with Crippen LogP contribution in [0, 0.1) is 11.8 Å². The molecule has 2 N–H and O–H groups in total. The number of nitrogens with two attached hydrogens (primary N) is 1. The standard InChI is InChI=1S/C14H26F3N/c1-2-3-4-5-6-13(18)11-7-9-12(10-8-11)14(15,16)17/h11-13H,2-10,18H2,1H3. The van der Waals surface area contributed by atoms with E-state index >= 15 is 0 Å². The lowest BCUT2D eigenvalue weighted by Crippen LogP contribution is -2.36. The van der Waals surface area contributed by atoms with Gasteiger partial charge in [0, 0.05) is 6.04 Å². The van der Waals surface area contributed by atoms with Crippen LogP contribution >= 0.6 is 0 Å². The average molecular weight is 265 g/mol. The van der Waals surface area contributed by atoms with E-state index in [1.165, 1.54) is 19.3 Å². The fraction of sp³-hybridized carbons (Fsp3) is 1.00. The summed E-state index contributed by atoms with van der Waals surface area (Å²) in [6, 6.07) is 0.107. The summed E-state index contributed by atoms with van der Waals surface area (Å²) < 4.78 is 37.6. The molecule has 0 spiro atoms. The van der Waals surface area contributed by atoms with Gasteiger partial charge in [-0.2, -0.15) is 13.2 Å². The smallest absolute Gasteiger partial charge is 0.327 e. The minimum Gasteiger partial charge on any atom is -0.327 e. The third kappa shape index (κ3) is 5.17. The summed E-state index contributed by atoms with van der Waals surface area (Å²) in [5, 5.41) is 0. The molecule has 0 aromatic carbocycles. The highest BCUT2D eigenvalue weighted by Gasteiger charge is 2.41. The number of rotatable bonds is 6. The van der Waals surface area contributed by atoms with Gasteiger partial charge >= 0.3 is 6.18 Å². The van der Waals surface area contributed by atoms with Gasteiger partial charge in [0.1, 0.15) is 0 Å². The van der Waals surface area contributed by atoms with Crippen molar-refractivity contribution in [3.05, 3.63) is 0 Å². The molecule has 0 aromatic heterocycles. The summed E-state index contributed by atoms with van der Waals surface area (Å²) in [6.07, 6.45) is 3.57. The fourth-order valence-electron chi connectivity index (χ4n) is 2.92. The monoisotopic (exact) mass is 265 g/mol. The van der Waals surface area contributed by atoms with Crippen LogP contribution in [0.25, 0.3) is 0 Å². The highest BCUT2D eigenvalue weighted by atomic mass is 19.4. The molecule has 0 radical (unpaired) electrons. The predicted molar refractivity (Wildman–Crippen MR) is 68.2 cm³/mol. The third-order valence-corrected chi connectivity index (χ3v) is 4.23. The van der Waals surface area contributed by atoms with Gasteiger partial charge in [0.05, 0.1) is 5.92 Å². The Morgan fingerprint density at radius 1 is 1.06 bits per heavy atom. The molecule has 1 unspecified atom stereocenters. The Balaban J connectivity index is 2.21. The normalized spacial score (nSPS) is 27.2. The molecule has 1 nitrogen and oxygen atoms in total. The Morgan fingerprint density at radius 3 is 2.17 bits per heavy atom. The maximum Gasteiger partial charge on any atom is 0.391 e. The lowest BCUT2D eigenvalue weighted by Gasteiger charge is -2.33. The van der Waals surface area contributed by atoms with Crippen molar-refractivity contribution in [2.45, 2.75) is 76.9 Å². The second-order valence-corrected chi connectivity index (χ2v) is 5.67. The molecule has 1 aliphatic rings. The van der Waals surface area contributed by atoms with Crippen LogP contribution in [0.5, 0.6) is 0 Å². The van der Waals surface area contributed by atoms with Gasteiger partial charge in [0.25, 0.3) is 0 Å². The molecule has 1 saturated carbocycles. The van der Waals surface area contributed by atoms with Crippen molar-refractivity contribution >= 4 is 0 Å². The van der Waals surface area contributed by atoms with Gasteiger partial charge in [-0.05, 0) is 38.0 Å². The fourth-order valence-corrected chi connectivity index (χ4v) is 2.92. The highest BCUT2D eigenvalue weighted by molar-refractivity contribution is 4.82. The van der Waals surface area contributed by atoms with Crippen molar-refractivity contribution in [1.29, 1.82) is 0 Å². The SMILES string of the molecule is CCCCCCC(N)C1CCC(C(F)(F)F)CC1. The molecule has 0 bridgehead atoms. The van der Waals surface area contributed by atoms with Crippen LogP contribution < -0.4 is 5.73 Å². The second-order valence-electron chi connectivity index (χ2n) is 5.67. The molecule has 1 fully saturated rings. The van der Waals surface area contributed by atoms with Crippen LogP contribution in [0.4, 0.5) is 13.2 Å². The van der Waals surface area contributed by atoms with E-state index in [0.717, 1.165) is 12.8 Å². The Hall–Kier alpha value is -0.250. The summed E-state index contributed by atoms with van der Waals surface area (Å²) in [6.45, 7) is 2.17. The minimum atomic E-state index is -4.00. The molecule has 0 amide bonds. The molecular weight excluding hydrogens is 239 g/mol. The van der Waals surface area contributed by atoms with Gasteiger partial charge in [0.15, 0.2) is 0 Å². The Kier molecular flexibility index (Phi) is 6.47. The third-order valence-electron chi connectivity index (χ3n) is 4.23. The molecule has 0 aliphatic heterocycles. The van der Waals surface area contributed by atoms with Crippen molar-refractivity contribution in [2.24, 2.45) is 17.6 Å². The maximum absolute atomic E-state index is 12.5. The number of hydrogen-bond donors (Lipinski definition) is 1. The largest absolute Gasteiger partial charge is 0.391 e. The number of halogens is 3. The summed E-state index contributed by atoms with van der Waals surface area (Å²) in [5.74, 6) is -0.772. The Labute approximate surface area is 108 Å². The van der Waals surface area contributed by atoms with Crippen molar-refractivity contribution < 1.29 is 13.2 Å². The van der Waals surface area contributed by atoms with Crippen molar-refractivity contribution in [3.63, 3.8) is 0 Å². The summed E-state index contributed by atoms with van der Waals surface area (Å²) in [7, 11) is 0.